The third kappa shape index (κ3) is 6.72. The molecule has 3 amide bonds. The number of hydrogen-bond acceptors (Lipinski definition) is 5. The van der Waals surface area contributed by atoms with Gasteiger partial charge in [0.15, 0.2) is 5.60 Å². The van der Waals surface area contributed by atoms with Crippen LogP contribution in [0.5, 0.6) is 5.75 Å². The monoisotopic (exact) mass is 480 g/mol. The highest BCUT2D eigenvalue weighted by molar-refractivity contribution is 5.97. The highest BCUT2D eigenvalue weighted by Gasteiger charge is 2.32. The Labute approximate surface area is 196 Å². The molecule has 0 spiro atoms. The summed E-state index contributed by atoms with van der Waals surface area (Å²) in [6.07, 6.45) is -4.13. The predicted molar refractivity (Wildman–Crippen MR) is 119 cm³/mol. The Kier molecular flexibility index (Phi) is 8.67. The number of urea groups is 1. The number of esters is 1. The summed E-state index contributed by atoms with van der Waals surface area (Å²) in [4.78, 5) is 38.6. The van der Waals surface area contributed by atoms with Crippen molar-refractivity contribution in [1.29, 1.82) is 0 Å². The smallest absolute Gasteiger partial charge is 0.416 e. The Hall–Kier alpha value is -3.56. The minimum absolute atomic E-state index is 0.0684. The number of halogens is 3. The van der Waals surface area contributed by atoms with Gasteiger partial charge in [-0.3, -0.25) is 14.6 Å². The van der Waals surface area contributed by atoms with Crippen molar-refractivity contribution in [2.75, 3.05) is 18.1 Å². The van der Waals surface area contributed by atoms with Crippen molar-refractivity contribution < 1.29 is 37.0 Å². The lowest BCUT2D eigenvalue weighted by atomic mass is 10.1. The number of carbonyl (C=O) groups is 3. The van der Waals surface area contributed by atoms with Crippen LogP contribution in [-0.2, 0) is 27.0 Å². The molecule has 0 aliphatic heterocycles. The zero-order chi connectivity index (χ0) is 25.5. The Balaban J connectivity index is 2.12. The van der Waals surface area contributed by atoms with Gasteiger partial charge in [0.25, 0.3) is 0 Å². The quantitative estimate of drug-likeness (QED) is 0.372. The van der Waals surface area contributed by atoms with Gasteiger partial charge in [-0.25, -0.2) is 9.59 Å². The molecule has 0 fully saturated rings. The first kappa shape index (κ1) is 26.7. The first-order valence-corrected chi connectivity index (χ1v) is 10.6. The van der Waals surface area contributed by atoms with Gasteiger partial charge in [-0.1, -0.05) is 12.1 Å². The second kappa shape index (κ2) is 11.0. The lowest BCUT2D eigenvalue weighted by Gasteiger charge is -2.27. The number of hydrogen-bond donors (Lipinski definition) is 0. The molecular formula is C24H27F3N2O5. The average molecular weight is 480 g/mol. The van der Waals surface area contributed by atoms with Gasteiger partial charge in [-0.2, -0.15) is 13.2 Å². The van der Waals surface area contributed by atoms with Crippen molar-refractivity contribution in [2.45, 2.75) is 46.0 Å². The molecule has 0 aromatic heterocycles. The molecule has 0 heterocycles. The fourth-order valence-electron chi connectivity index (χ4n) is 3.06. The third-order valence-electron chi connectivity index (χ3n) is 4.84. The zero-order valence-corrected chi connectivity index (χ0v) is 19.4. The van der Waals surface area contributed by atoms with E-state index < -0.39 is 29.3 Å². The molecule has 0 bridgehead atoms. The highest BCUT2D eigenvalue weighted by Crippen LogP contribution is 2.30. The summed E-state index contributed by atoms with van der Waals surface area (Å²) in [7, 11) is 0. The van der Waals surface area contributed by atoms with Crippen molar-refractivity contribution in [3.8, 4) is 5.75 Å². The van der Waals surface area contributed by atoms with E-state index in [1.807, 2.05) is 0 Å². The molecule has 7 nitrogen and oxygen atoms in total. The van der Waals surface area contributed by atoms with Crippen LogP contribution in [0.2, 0.25) is 0 Å². The van der Waals surface area contributed by atoms with Crippen LogP contribution in [0.4, 0.5) is 23.7 Å². The van der Waals surface area contributed by atoms with Crippen LogP contribution in [0, 0.1) is 0 Å². The van der Waals surface area contributed by atoms with E-state index in [1.54, 1.807) is 52.0 Å². The first-order chi connectivity index (χ1) is 15.9. The molecule has 0 N–H and O–H groups in total. The molecule has 34 heavy (non-hydrogen) atoms. The number of ether oxygens (including phenoxy) is 2. The maximum absolute atomic E-state index is 12.9. The molecule has 2 aromatic rings. The summed E-state index contributed by atoms with van der Waals surface area (Å²) in [6.45, 7) is 6.79. The summed E-state index contributed by atoms with van der Waals surface area (Å²) in [5.41, 5.74) is -1.20. The number of alkyl halides is 3. The van der Waals surface area contributed by atoms with E-state index in [0.717, 1.165) is 17.0 Å². The van der Waals surface area contributed by atoms with Gasteiger partial charge in [-0.05, 0) is 69.7 Å². The molecular weight excluding hydrogens is 453 g/mol. The number of benzene rings is 2. The molecule has 0 saturated carbocycles. The molecule has 0 unspecified atom stereocenters. The van der Waals surface area contributed by atoms with Crippen LogP contribution in [0.3, 0.4) is 0 Å². The van der Waals surface area contributed by atoms with Crippen LogP contribution in [0.1, 0.15) is 38.8 Å². The standard InChI is InChI=1S/C24H27F3N2O5/c1-5-29(19-11-9-18(10-12-19)24(25,26)27)22(32)28(16-30)15-17-7-13-20(14-8-17)34-23(3,4)21(31)33-6-2/h7-14,16H,5-6,15H2,1-4H3. The summed E-state index contributed by atoms with van der Waals surface area (Å²) in [5.74, 6) is -0.120. The third-order valence-corrected chi connectivity index (χ3v) is 4.84. The van der Waals surface area contributed by atoms with E-state index in [1.165, 1.54) is 17.0 Å². The maximum Gasteiger partial charge on any atom is 0.416 e. The van der Waals surface area contributed by atoms with Crippen LogP contribution < -0.4 is 9.64 Å². The molecule has 0 aliphatic rings. The van der Waals surface area contributed by atoms with E-state index in [9.17, 15) is 27.6 Å². The van der Waals surface area contributed by atoms with E-state index in [4.69, 9.17) is 9.47 Å². The molecule has 0 saturated heterocycles. The number of nitrogens with zero attached hydrogens (tertiary/aromatic N) is 2. The minimum atomic E-state index is -4.49. The van der Waals surface area contributed by atoms with Gasteiger partial charge in [0.05, 0.1) is 18.7 Å². The van der Waals surface area contributed by atoms with Gasteiger partial charge in [-0.15, -0.1) is 0 Å². The summed E-state index contributed by atoms with van der Waals surface area (Å²) in [6, 6.07) is 9.91. The Morgan fingerprint density at radius 2 is 1.56 bits per heavy atom. The Morgan fingerprint density at radius 1 is 0.971 bits per heavy atom. The van der Waals surface area contributed by atoms with Gasteiger partial charge in [0.1, 0.15) is 5.75 Å². The van der Waals surface area contributed by atoms with Gasteiger partial charge in [0, 0.05) is 12.2 Å². The molecule has 0 atom stereocenters. The summed E-state index contributed by atoms with van der Waals surface area (Å²) >= 11 is 0. The largest absolute Gasteiger partial charge is 0.476 e. The lowest BCUT2D eigenvalue weighted by Crippen LogP contribution is -2.42. The Morgan fingerprint density at radius 3 is 2.03 bits per heavy atom. The Bertz CT molecular complexity index is 989. The van der Waals surface area contributed by atoms with Crippen molar-refractivity contribution >= 4 is 24.1 Å². The van der Waals surface area contributed by atoms with E-state index in [-0.39, 0.29) is 25.4 Å². The van der Waals surface area contributed by atoms with Crippen molar-refractivity contribution in [3.63, 3.8) is 0 Å². The fourth-order valence-corrected chi connectivity index (χ4v) is 3.06. The molecule has 2 rings (SSSR count). The fraction of sp³-hybridized carbons (Fsp3) is 0.375. The predicted octanol–water partition coefficient (Wildman–Crippen LogP) is 5.03. The molecule has 184 valence electrons. The maximum atomic E-state index is 12.9. The normalized spacial score (nSPS) is 11.5. The van der Waals surface area contributed by atoms with E-state index >= 15 is 0 Å². The summed E-state index contributed by atoms with van der Waals surface area (Å²) < 4.78 is 49.1. The summed E-state index contributed by atoms with van der Waals surface area (Å²) in [5, 5.41) is 0. The number of amides is 3. The minimum Gasteiger partial charge on any atom is -0.476 e. The highest BCUT2D eigenvalue weighted by atomic mass is 19.4. The van der Waals surface area contributed by atoms with Crippen molar-refractivity contribution in [2.24, 2.45) is 0 Å². The topological polar surface area (TPSA) is 76.1 Å². The van der Waals surface area contributed by atoms with E-state index in [0.29, 0.717) is 17.7 Å². The molecule has 10 heteroatoms. The second-order valence-electron chi connectivity index (χ2n) is 7.78. The second-order valence-corrected chi connectivity index (χ2v) is 7.78. The van der Waals surface area contributed by atoms with Crippen LogP contribution >= 0.6 is 0 Å². The van der Waals surface area contributed by atoms with Crippen molar-refractivity contribution in [1.82, 2.24) is 4.90 Å². The molecule has 0 aliphatic carbocycles. The van der Waals surface area contributed by atoms with Crippen LogP contribution in [0.25, 0.3) is 0 Å². The van der Waals surface area contributed by atoms with E-state index in [2.05, 4.69) is 0 Å². The number of carbonyl (C=O) groups excluding carboxylic acids is 3. The van der Waals surface area contributed by atoms with Crippen LogP contribution in [-0.4, -0.2) is 42.1 Å². The van der Waals surface area contributed by atoms with Gasteiger partial charge < -0.3 is 9.47 Å². The van der Waals surface area contributed by atoms with Gasteiger partial charge >= 0.3 is 18.2 Å². The van der Waals surface area contributed by atoms with Gasteiger partial charge in [0.2, 0.25) is 6.41 Å². The van der Waals surface area contributed by atoms with Crippen molar-refractivity contribution in [3.05, 3.63) is 59.7 Å². The number of imide groups is 1. The molecule has 2 aromatic carbocycles. The SMILES string of the molecule is CCOC(=O)C(C)(C)Oc1ccc(CN(C=O)C(=O)N(CC)c2ccc(C(F)(F)F)cc2)cc1. The number of anilines is 1. The lowest BCUT2D eigenvalue weighted by molar-refractivity contribution is -0.158. The number of rotatable bonds is 9. The average Bonchev–Trinajstić information content (AvgIpc) is 2.78. The molecule has 0 radical (unpaired) electrons. The zero-order valence-electron chi connectivity index (χ0n) is 19.4. The first-order valence-electron chi connectivity index (χ1n) is 10.6. The van der Waals surface area contributed by atoms with Crippen LogP contribution in [0.15, 0.2) is 48.5 Å².